The average Bonchev–Trinajstić information content (AvgIpc) is 2.87. The zero-order valence-corrected chi connectivity index (χ0v) is 28.0. The van der Waals surface area contributed by atoms with Gasteiger partial charge in [0.2, 0.25) is 0 Å². The molecular formula is C35H43IrN2O2-. The fourth-order valence-corrected chi connectivity index (χ4v) is 4.24. The Labute approximate surface area is 253 Å². The van der Waals surface area contributed by atoms with Gasteiger partial charge >= 0.3 is 0 Å². The Morgan fingerprint density at radius 3 is 2.08 bits per heavy atom. The molecule has 1 radical (unpaired) electrons. The van der Waals surface area contributed by atoms with Crippen molar-refractivity contribution in [1.82, 2.24) is 9.97 Å². The number of aryl methyl sites for hydroxylation is 4. The molecule has 1 N–H and O–H groups in total. The molecule has 0 spiro atoms. The molecular weight excluding hydrogens is 673 g/mol. The molecule has 0 bridgehead atoms. The average molecular weight is 716 g/mol. The summed E-state index contributed by atoms with van der Waals surface area (Å²) in [7, 11) is 0. The Hall–Kier alpha value is -2.88. The number of carbonyl (C=O) groups excluding carboxylic acids is 1. The predicted octanol–water partition coefficient (Wildman–Crippen LogP) is 9.35. The number of nitrogens with zero attached hydrogens (tertiary/aromatic N) is 2. The second-order valence-electron chi connectivity index (χ2n) is 11.9. The first-order chi connectivity index (χ1) is 18.2. The fraction of sp³-hybridized carbons (Fsp3) is 0.400. The molecule has 0 fully saturated rings. The summed E-state index contributed by atoms with van der Waals surface area (Å²) < 4.78 is 0. The smallest absolute Gasteiger partial charge is 0.164 e. The minimum atomic E-state index is -0.377. The van der Waals surface area contributed by atoms with Gasteiger partial charge in [-0.2, -0.15) is 0 Å². The van der Waals surface area contributed by atoms with Crippen LogP contribution in [0.15, 0.2) is 54.3 Å². The van der Waals surface area contributed by atoms with E-state index in [2.05, 4.69) is 69.3 Å². The first-order valence-electron chi connectivity index (χ1n) is 13.8. The van der Waals surface area contributed by atoms with E-state index in [9.17, 15) is 9.90 Å². The van der Waals surface area contributed by atoms with Crippen LogP contribution < -0.4 is 0 Å². The molecule has 40 heavy (non-hydrogen) atoms. The van der Waals surface area contributed by atoms with Gasteiger partial charge in [0.15, 0.2) is 5.78 Å². The Kier molecular flexibility index (Phi) is 11.0. The maximum atomic E-state index is 11.8. The number of ketones is 1. The maximum absolute atomic E-state index is 11.8. The van der Waals surface area contributed by atoms with Crippen LogP contribution in [0.25, 0.3) is 32.9 Å². The van der Waals surface area contributed by atoms with Crippen molar-refractivity contribution in [3.63, 3.8) is 0 Å². The van der Waals surface area contributed by atoms with E-state index in [1.807, 2.05) is 48.5 Å². The van der Waals surface area contributed by atoms with Gasteiger partial charge in [0.1, 0.15) is 11.6 Å². The van der Waals surface area contributed by atoms with Gasteiger partial charge in [0.25, 0.3) is 0 Å². The number of aliphatic hydroxyl groups is 1. The minimum Gasteiger partial charge on any atom is -0.512 e. The summed E-state index contributed by atoms with van der Waals surface area (Å²) in [6, 6.07) is 18.5. The van der Waals surface area contributed by atoms with E-state index in [1.165, 1.54) is 28.0 Å². The third-order valence-electron chi connectivity index (χ3n) is 7.75. The molecule has 4 aromatic rings. The van der Waals surface area contributed by atoms with Crippen LogP contribution in [-0.2, 0) is 24.9 Å². The van der Waals surface area contributed by atoms with Gasteiger partial charge in [-0.05, 0) is 49.2 Å². The molecule has 0 aliphatic carbocycles. The Morgan fingerprint density at radius 1 is 0.850 bits per heavy atom. The Balaban J connectivity index is 0.000000307. The molecule has 0 aliphatic rings. The first kappa shape index (κ1) is 33.3. The van der Waals surface area contributed by atoms with E-state index in [1.54, 1.807) is 0 Å². The van der Waals surface area contributed by atoms with Crippen LogP contribution in [0, 0.1) is 44.6 Å². The van der Waals surface area contributed by atoms with Crippen LogP contribution in [0.3, 0.4) is 0 Å². The van der Waals surface area contributed by atoms with Gasteiger partial charge in [0, 0.05) is 42.4 Å². The molecule has 0 atom stereocenters. The third kappa shape index (κ3) is 7.65. The molecule has 0 unspecified atom stereocenters. The summed E-state index contributed by atoms with van der Waals surface area (Å²) in [4.78, 5) is 21.3. The summed E-state index contributed by atoms with van der Waals surface area (Å²) in [6.45, 7) is 19.9. The summed E-state index contributed by atoms with van der Waals surface area (Å²) in [5.74, 6) is 0.986. The molecule has 1 aromatic heterocycles. The number of hydrogen-bond acceptors (Lipinski definition) is 4. The normalized spacial score (nSPS) is 12.1. The van der Waals surface area contributed by atoms with Gasteiger partial charge < -0.3 is 5.11 Å². The number of aromatic nitrogens is 2. The van der Waals surface area contributed by atoms with Gasteiger partial charge in [-0.25, -0.2) is 4.98 Å². The molecule has 1 heterocycles. The standard InChI is InChI=1S/C22H19N2.C13H24O2.Ir/c1-13-5-6-17-7-8-19-21(18-10-14(2)9-15(3)11-18)23-16(4)24-22(19)20(17)12-13;1-7-12(3,4)10(14)9-11(15)13(5,6)8-2;/h5-10,12H,1-4H3;9,14H,7-8H2,1-6H3;/q-1;;/b;10-9-;. The first-order valence-corrected chi connectivity index (χ1v) is 13.8. The summed E-state index contributed by atoms with van der Waals surface area (Å²) >= 11 is 0. The number of allylic oxidation sites excluding steroid dienone is 2. The van der Waals surface area contributed by atoms with E-state index in [4.69, 9.17) is 9.97 Å². The van der Waals surface area contributed by atoms with Crippen LogP contribution in [0.4, 0.5) is 0 Å². The zero-order valence-electron chi connectivity index (χ0n) is 25.6. The molecule has 0 amide bonds. The summed E-state index contributed by atoms with van der Waals surface area (Å²) in [5, 5.41) is 13.3. The van der Waals surface area contributed by atoms with Crippen molar-refractivity contribution in [3.8, 4) is 11.3 Å². The predicted molar refractivity (Wildman–Crippen MR) is 164 cm³/mol. The van der Waals surface area contributed by atoms with Crippen LogP contribution in [-0.4, -0.2) is 20.9 Å². The Bertz CT molecular complexity index is 1530. The van der Waals surface area contributed by atoms with Crippen molar-refractivity contribution in [3.05, 3.63) is 82.9 Å². The van der Waals surface area contributed by atoms with E-state index in [0.717, 1.165) is 46.4 Å². The van der Waals surface area contributed by atoms with Crippen molar-refractivity contribution >= 4 is 27.5 Å². The second-order valence-corrected chi connectivity index (χ2v) is 11.9. The van der Waals surface area contributed by atoms with E-state index >= 15 is 0 Å². The molecule has 4 rings (SSSR count). The third-order valence-corrected chi connectivity index (χ3v) is 7.75. The number of fused-ring (bicyclic) bond motifs is 3. The quantitative estimate of drug-likeness (QED) is 0.0936. The van der Waals surface area contributed by atoms with Crippen LogP contribution >= 0.6 is 0 Å². The molecule has 0 saturated heterocycles. The monoisotopic (exact) mass is 716 g/mol. The largest absolute Gasteiger partial charge is 0.512 e. The van der Waals surface area contributed by atoms with Gasteiger partial charge in [0.05, 0.1) is 5.52 Å². The Morgan fingerprint density at radius 2 is 1.48 bits per heavy atom. The van der Waals surface area contributed by atoms with E-state index < -0.39 is 0 Å². The van der Waals surface area contributed by atoms with Crippen molar-refractivity contribution < 1.29 is 30.0 Å². The summed E-state index contributed by atoms with van der Waals surface area (Å²) in [5.41, 5.74) is 5.94. The molecule has 215 valence electrons. The number of carbonyl (C=O) groups is 1. The minimum absolute atomic E-state index is 0. The van der Waals surface area contributed by atoms with Crippen molar-refractivity contribution in [2.24, 2.45) is 10.8 Å². The SMILES string of the molecule is CCC(C)(C)C(=O)/C=C(\O)C(C)(C)CC.Cc1[c-]c(-c2nc(C)nc3c2ccc2ccc(C)cc23)cc(C)c1.[Ir]. The number of aliphatic hydroxyl groups excluding tert-OH is 1. The van der Waals surface area contributed by atoms with Gasteiger partial charge in [-0.3, -0.25) is 9.78 Å². The van der Waals surface area contributed by atoms with Crippen molar-refractivity contribution in [2.75, 3.05) is 0 Å². The molecule has 5 heteroatoms. The molecule has 0 aliphatic heterocycles. The van der Waals surface area contributed by atoms with Crippen molar-refractivity contribution in [2.45, 2.75) is 82.1 Å². The van der Waals surface area contributed by atoms with E-state index in [0.29, 0.717) is 0 Å². The van der Waals surface area contributed by atoms with E-state index in [-0.39, 0.29) is 42.5 Å². The number of rotatable bonds is 6. The van der Waals surface area contributed by atoms with Gasteiger partial charge in [-0.1, -0.05) is 85.2 Å². The number of hydrogen-bond donors (Lipinski definition) is 1. The summed E-state index contributed by atoms with van der Waals surface area (Å²) in [6.07, 6.45) is 2.99. The van der Waals surface area contributed by atoms with Crippen LogP contribution in [0.5, 0.6) is 0 Å². The fourth-order valence-electron chi connectivity index (χ4n) is 4.24. The zero-order chi connectivity index (χ0) is 29.1. The molecule has 0 saturated carbocycles. The topological polar surface area (TPSA) is 63.1 Å². The van der Waals surface area contributed by atoms with Gasteiger partial charge in [-0.15, -0.1) is 34.9 Å². The van der Waals surface area contributed by atoms with Crippen LogP contribution in [0.1, 0.15) is 76.9 Å². The maximum Gasteiger partial charge on any atom is 0.164 e. The second kappa shape index (κ2) is 13.2. The molecule has 3 aromatic carbocycles. The van der Waals surface area contributed by atoms with Crippen LogP contribution in [0.2, 0.25) is 0 Å². The number of benzene rings is 3. The molecule has 4 nitrogen and oxygen atoms in total. The van der Waals surface area contributed by atoms with Crippen molar-refractivity contribution in [1.29, 1.82) is 0 Å².